The Morgan fingerprint density at radius 3 is 2.70 bits per heavy atom. The number of nitrogens with zero attached hydrogens (tertiary/aromatic N) is 2. The maximum Gasteiger partial charge on any atom is 0.407 e. The van der Waals surface area contributed by atoms with Crippen LogP contribution in [0.3, 0.4) is 0 Å². The molecule has 1 fully saturated rings. The van der Waals surface area contributed by atoms with E-state index < -0.39 is 5.60 Å². The summed E-state index contributed by atoms with van der Waals surface area (Å²) in [7, 11) is 0. The van der Waals surface area contributed by atoms with Crippen molar-refractivity contribution >= 4 is 23.5 Å². The first-order chi connectivity index (χ1) is 9.37. The van der Waals surface area contributed by atoms with Gasteiger partial charge in [-0.05, 0) is 32.4 Å². The van der Waals surface area contributed by atoms with E-state index in [2.05, 4.69) is 15.2 Å². The maximum absolute atomic E-state index is 11.6. The van der Waals surface area contributed by atoms with Crippen LogP contribution in [0.25, 0.3) is 0 Å². The van der Waals surface area contributed by atoms with Crippen LogP contribution in [0.5, 0.6) is 0 Å². The summed E-state index contributed by atoms with van der Waals surface area (Å²) in [6.07, 6.45) is 1.41. The Morgan fingerprint density at radius 1 is 1.50 bits per heavy atom. The second-order valence-corrected chi connectivity index (χ2v) is 6.17. The van der Waals surface area contributed by atoms with Gasteiger partial charge in [-0.3, -0.25) is 0 Å². The smallest absolute Gasteiger partial charge is 0.407 e. The first kappa shape index (κ1) is 14.9. The lowest BCUT2D eigenvalue weighted by Crippen LogP contribution is -2.60. The zero-order valence-corrected chi connectivity index (χ0v) is 12.8. The van der Waals surface area contributed by atoms with Gasteiger partial charge in [-0.15, -0.1) is 11.6 Å². The van der Waals surface area contributed by atoms with Crippen LogP contribution in [0.4, 0.5) is 10.6 Å². The number of nitrogens with one attached hydrogen (secondary N) is 1. The molecule has 0 aliphatic carbocycles. The van der Waals surface area contributed by atoms with Gasteiger partial charge in [0.25, 0.3) is 0 Å². The van der Waals surface area contributed by atoms with Crippen molar-refractivity contribution in [2.45, 2.75) is 38.3 Å². The zero-order valence-electron chi connectivity index (χ0n) is 12.0. The molecule has 1 aromatic rings. The molecule has 110 valence electrons. The van der Waals surface area contributed by atoms with Gasteiger partial charge < -0.3 is 15.0 Å². The van der Waals surface area contributed by atoms with Crippen molar-refractivity contribution in [3.63, 3.8) is 0 Å². The molecular formula is C14H20ClN3O2. The lowest BCUT2D eigenvalue weighted by Gasteiger charge is -2.40. The third-order valence-electron chi connectivity index (χ3n) is 2.89. The minimum Gasteiger partial charge on any atom is -0.444 e. The molecule has 1 aliphatic rings. The molecule has 2 rings (SSSR count). The van der Waals surface area contributed by atoms with E-state index in [0.717, 1.165) is 24.5 Å². The Morgan fingerprint density at radius 2 is 2.20 bits per heavy atom. The minimum atomic E-state index is -0.466. The van der Waals surface area contributed by atoms with E-state index in [1.807, 2.05) is 32.9 Å². The topological polar surface area (TPSA) is 54.5 Å². The SMILES string of the molecule is CC(C)(C)OC(=O)NC1CN(c2ccc(CCl)cn2)C1. The van der Waals surface area contributed by atoms with Gasteiger partial charge in [0.05, 0.1) is 6.04 Å². The molecule has 0 radical (unpaired) electrons. The molecule has 1 amide bonds. The summed E-state index contributed by atoms with van der Waals surface area (Å²) in [6, 6.07) is 4.02. The number of hydrogen-bond donors (Lipinski definition) is 1. The van der Waals surface area contributed by atoms with Crippen molar-refractivity contribution in [2.75, 3.05) is 18.0 Å². The van der Waals surface area contributed by atoms with Gasteiger partial charge in [-0.1, -0.05) is 6.07 Å². The van der Waals surface area contributed by atoms with Crippen molar-refractivity contribution in [2.24, 2.45) is 0 Å². The molecule has 5 nitrogen and oxygen atoms in total. The van der Waals surface area contributed by atoms with E-state index in [4.69, 9.17) is 16.3 Å². The fourth-order valence-electron chi connectivity index (χ4n) is 1.91. The molecule has 0 spiro atoms. The normalized spacial score (nSPS) is 15.7. The Bertz CT molecular complexity index is 464. The molecule has 6 heteroatoms. The number of halogens is 1. The predicted octanol–water partition coefficient (Wildman–Crippen LogP) is 2.53. The van der Waals surface area contributed by atoms with Crippen molar-refractivity contribution in [3.05, 3.63) is 23.9 Å². The van der Waals surface area contributed by atoms with Crippen LogP contribution in [0.1, 0.15) is 26.3 Å². The standard InChI is InChI=1S/C14H20ClN3O2/c1-14(2,3)20-13(19)17-11-8-18(9-11)12-5-4-10(6-15)7-16-12/h4-5,7,11H,6,8-9H2,1-3H3,(H,17,19). The number of amides is 1. The van der Waals surface area contributed by atoms with Gasteiger partial charge in [0.2, 0.25) is 0 Å². The summed E-state index contributed by atoms with van der Waals surface area (Å²) >= 11 is 5.72. The molecule has 0 aromatic carbocycles. The van der Waals surface area contributed by atoms with Crippen molar-refractivity contribution in [1.29, 1.82) is 0 Å². The highest BCUT2D eigenvalue weighted by Crippen LogP contribution is 2.19. The molecule has 0 saturated carbocycles. The average Bonchev–Trinajstić information content (AvgIpc) is 2.31. The highest BCUT2D eigenvalue weighted by Gasteiger charge is 2.30. The number of hydrogen-bond acceptors (Lipinski definition) is 4. The van der Waals surface area contributed by atoms with Gasteiger partial charge in [-0.2, -0.15) is 0 Å². The number of alkyl halides is 1. The van der Waals surface area contributed by atoms with Crippen LogP contribution in [0.15, 0.2) is 18.3 Å². The maximum atomic E-state index is 11.6. The van der Waals surface area contributed by atoms with Crippen LogP contribution in [0, 0.1) is 0 Å². The predicted molar refractivity (Wildman–Crippen MR) is 79.2 cm³/mol. The molecule has 20 heavy (non-hydrogen) atoms. The number of pyridine rings is 1. The lowest BCUT2D eigenvalue weighted by molar-refractivity contribution is 0.0496. The molecule has 1 saturated heterocycles. The number of anilines is 1. The molecular weight excluding hydrogens is 278 g/mol. The average molecular weight is 298 g/mol. The van der Waals surface area contributed by atoms with Crippen molar-refractivity contribution in [3.8, 4) is 0 Å². The van der Waals surface area contributed by atoms with E-state index >= 15 is 0 Å². The lowest BCUT2D eigenvalue weighted by atomic mass is 10.1. The summed E-state index contributed by atoms with van der Waals surface area (Å²) in [5.74, 6) is 1.37. The largest absolute Gasteiger partial charge is 0.444 e. The van der Waals surface area contributed by atoms with E-state index in [1.54, 1.807) is 6.20 Å². The number of rotatable bonds is 3. The highest BCUT2D eigenvalue weighted by molar-refractivity contribution is 6.17. The molecule has 0 unspecified atom stereocenters. The molecule has 0 bridgehead atoms. The van der Waals surface area contributed by atoms with E-state index in [1.165, 1.54) is 0 Å². The number of carbonyl (C=O) groups is 1. The summed E-state index contributed by atoms with van der Waals surface area (Å²) < 4.78 is 5.22. The first-order valence-electron chi connectivity index (χ1n) is 6.63. The summed E-state index contributed by atoms with van der Waals surface area (Å²) in [6.45, 7) is 7.03. The van der Waals surface area contributed by atoms with Crippen LogP contribution in [0.2, 0.25) is 0 Å². The second kappa shape index (κ2) is 5.87. The zero-order chi connectivity index (χ0) is 14.8. The van der Waals surface area contributed by atoms with Crippen LogP contribution >= 0.6 is 11.6 Å². The number of alkyl carbamates (subject to hydrolysis) is 1. The van der Waals surface area contributed by atoms with Gasteiger partial charge in [0.1, 0.15) is 11.4 Å². The summed E-state index contributed by atoms with van der Waals surface area (Å²) in [5, 5.41) is 2.84. The number of ether oxygens (including phenoxy) is 1. The minimum absolute atomic E-state index is 0.111. The van der Waals surface area contributed by atoms with Gasteiger partial charge in [-0.25, -0.2) is 9.78 Å². The summed E-state index contributed by atoms with van der Waals surface area (Å²) in [5.41, 5.74) is 0.534. The van der Waals surface area contributed by atoms with Gasteiger partial charge >= 0.3 is 6.09 Å². The number of aromatic nitrogens is 1. The van der Waals surface area contributed by atoms with Crippen molar-refractivity contribution in [1.82, 2.24) is 10.3 Å². The first-order valence-corrected chi connectivity index (χ1v) is 7.16. The molecule has 0 atom stereocenters. The number of carbonyl (C=O) groups excluding carboxylic acids is 1. The van der Waals surface area contributed by atoms with E-state index in [-0.39, 0.29) is 12.1 Å². The highest BCUT2D eigenvalue weighted by atomic mass is 35.5. The fourth-order valence-corrected chi connectivity index (χ4v) is 2.07. The van der Waals surface area contributed by atoms with E-state index in [0.29, 0.717) is 5.88 Å². The Balaban J connectivity index is 1.78. The van der Waals surface area contributed by atoms with Crippen LogP contribution in [-0.2, 0) is 10.6 Å². The fraction of sp³-hybridized carbons (Fsp3) is 0.571. The van der Waals surface area contributed by atoms with Gasteiger partial charge in [0.15, 0.2) is 0 Å². The van der Waals surface area contributed by atoms with Crippen LogP contribution in [-0.4, -0.2) is 35.8 Å². The van der Waals surface area contributed by atoms with E-state index in [9.17, 15) is 4.79 Å². The monoisotopic (exact) mass is 297 g/mol. The molecule has 1 aromatic heterocycles. The van der Waals surface area contributed by atoms with Crippen molar-refractivity contribution < 1.29 is 9.53 Å². The Kier molecular flexibility index (Phi) is 4.38. The molecule has 1 aliphatic heterocycles. The second-order valence-electron chi connectivity index (χ2n) is 5.91. The van der Waals surface area contributed by atoms with Gasteiger partial charge in [0, 0.05) is 25.2 Å². The molecule has 1 N–H and O–H groups in total. The third kappa shape index (κ3) is 4.00. The quantitative estimate of drug-likeness (QED) is 0.871. The Labute approximate surface area is 124 Å². The molecule has 2 heterocycles. The van der Waals surface area contributed by atoms with Crippen LogP contribution < -0.4 is 10.2 Å². The Hall–Kier alpha value is -1.49. The summed E-state index contributed by atoms with van der Waals surface area (Å²) in [4.78, 5) is 18.0. The third-order valence-corrected chi connectivity index (χ3v) is 3.20.